The van der Waals surface area contributed by atoms with Gasteiger partial charge in [-0.2, -0.15) is 5.26 Å². The van der Waals surface area contributed by atoms with Gasteiger partial charge in [0.1, 0.15) is 29.8 Å². The summed E-state index contributed by atoms with van der Waals surface area (Å²) in [4.78, 5) is 12.5. The molecule has 3 aromatic carbocycles. The van der Waals surface area contributed by atoms with E-state index >= 15 is 0 Å². The third-order valence-electron chi connectivity index (χ3n) is 4.03. The van der Waals surface area contributed by atoms with Gasteiger partial charge < -0.3 is 10.1 Å². The molecule has 0 saturated heterocycles. The minimum absolute atomic E-state index is 0.0736. The van der Waals surface area contributed by atoms with Crippen LogP contribution in [0.4, 0.5) is 10.1 Å². The van der Waals surface area contributed by atoms with Gasteiger partial charge >= 0.3 is 0 Å². The van der Waals surface area contributed by atoms with E-state index in [-0.39, 0.29) is 18.0 Å². The molecule has 0 aliphatic carbocycles. The fourth-order valence-corrected chi connectivity index (χ4v) is 3.97. The van der Waals surface area contributed by atoms with Gasteiger partial charge in [0.05, 0.1) is 4.47 Å². The second-order valence-electron chi connectivity index (χ2n) is 6.21. The molecule has 4 nitrogen and oxygen atoms in total. The second-order valence-corrected chi connectivity index (χ2v) is 7.98. The fraction of sp³-hybridized carbons (Fsp3) is 0.0435. The summed E-state index contributed by atoms with van der Waals surface area (Å²) in [5.74, 6) is -0.387. The smallest absolute Gasteiger partial charge is 0.266 e. The van der Waals surface area contributed by atoms with Crippen molar-refractivity contribution in [1.29, 1.82) is 5.26 Å². The zero-order valence-electron chi connectivity index (χ0n) is 15.5. The number of halogens is 3. The maximum Gasteiger partial charge on any atom is 0.266 e. The number of hydrogen-bond acceptors (Lipinski definition) is 3. The molecule has 1 amide bonds. The molecule has 0 aliphatic rings. The van der Waals surface area contributed by atoms with Crippen LogP contribution in [0, 0.1) is 17.1 Å². The average molecular weight is 530 g/mol. The number of ether oxygens (including phenoxy) is 1. The van der Waals surface area contributed by atoms with Crippen molar-refractivity contribution in [3.63, 3.8) is 0 Å². The molecule has 0 saturated carbocycles. The number of anilines is 1. The topological polar surface area (TPSA) is 62.1 Å². The number of benzene rings is 3. The Morgan fingerprint density at radius 3 is 2.47 bits per heavy atom. The molecule has 30 heavy (non-hydrogen) atoms. The molecule has 0 atom stereocenters. The molecule has 0 heterocycles. The molecule has 0 aliphatic heterocycles. The van der Waals surface area contributed by atoms with E-state index in [1.165, 1.54) is 18.2 Å². The highest BCUT2D eigenvalue weighted by Gasteiger charge is 2.14. The van der Waals surface area contributed by atoms with Crippen LogP contribution in [0.15, 0.2) is 81.2 Å². The van der Waals surface area contributed by atoms with Gasteiger partial charge in [0, 0.05) is 15.7 Å². The predicted molar refractivity (Wildman–Crippen MR) is 121 cm³/mol. The third-order valence-corrected chi connectivity index (χ3v) is 5.08. The summed E-state index contributed by atoms with van der Waals surface area (Å²) >= 11 is 6.87. The van der Waals surface area contributed by atoms with E-state index in [1.807, 2.05) is 12.1 Å². The number of nitrogens with zero attached hydrogens (tertiary/aromatic N) is 1. The van der Waals surface area contributed by atoms with Crippen molar-refractivity contribution < 1.29 is 13.9 Å². The highest BCUT2D eigenvalue weighted by Crippen LogP contribution is 2.35. The molecule has 0 unspecified atom stereocenters. The van der Waals surface area contributed by atoms with Gasteiger partial charge in [-0.3, -0.25) is 4.79 Å². The number of amides is 1. The van der Waals surface area contributed by atoms with E-state index in [2.05, 4.69) is 37.2 Å². The number of nitriles is 1. The van der Waals surface area contributed by atoms with Gasteiger partial charge in [-0.1, -0.05) is 46.3 Å². The van der Waals surface area contributed by atoms with E-state index in [0.717, 1.165) is 10.0 Å². The van der Waals surface area contributed by atoms with Crippen molar-refractivity contribution in [2.75, 3.05) is 5.32 Å². The number of carbonyl (C=O) groups excluding carboxylic acids is 1. The van der Waals surface area contributed by atoms with E-state index in [0.29, 0.717) is 21.5 Å². The SMILES string of the molecule is N#C/C(=C\c1cc(Br)cc(Br)c1OCc1ccc(F)cc1)C(=O)Nc1ccccc1. The van der Waals surface area contributed by atoms with Crippen molar-refractivity contribution in [2.24, 2.45) is 0 Å². The van der Waals surface area contributed by atoms with Crippen LogP contribution in [0.3, 0.4) is 0 Å². The van der Waals surface area contributed by atoms with Crippen molar-refractivity contribution in [3.05, 3.63) is 98.2 Å². The molecule has 1 N–H and O–H groups in total. The number of carbonyl (C=O) groups is 1. The molecule has 0 spiro atoms. The largest absolute Gasteiger partial charge is 0.487 e. The van der Waals surface area contributed by atoms with Gasteiger partial charge in [-0.15, -0.1) is 0 Å². The molecule has 3 rings (SSSR count). The fourth-order valence-electron chi connectivity index (χ4n) is 2.60. The average Bonchev–Trinajstić information content (AvgIpc) is 2.73. The van der Waals surface area contributed by atoms with Crippen LogP contribution in [0.1, 0.15) is 11.1 Å². The van der Waals surface area contributed by atoms with Crippen LogP contribution in [0.2, 0.25) is 0 Å². The minimum atomic E-state index is -0.524. The molecule has 0 fully saturated rings. The van der Waals surface area contributed by atoms with Crippen LogP contribution in [0.25, 0.3) is 6.08 Å². The lowest BCUT2D eigenvalue weighted by Crippen LogP contribution is -2.13. The van der Waals surface area contributed by atoms with Crippen molar-refractivity contribution in [3.8, 4) is 11.8 Å². The molecule has 0 radical (unpaired) electrons. The van der Waals surface area contributed by atoms with E-state index in [1.54, 1.807) is 48.5 Å². The standard InChI is InChI=1S/C23H15Br2FN2O2/c24-18-11-16(10-17(13-27)23(29)28-20-4-2-1-3-5-20)22(21(25)12-18)30-14-15-6-8-19(26)9-7-15/h1-12H,14H2,(H,28,29)/b17-10+. The Kier molecular flexibility index (Phi) is 7.39. The number of nitrogens with one attached hydrogen (secondary N) is 1. The maximum absolute atomic E-state index is 13.1. The summed E-state index contributed by atoms with van der Waals surface area (Å²) in [7, 11) is 0. The first-order valence-electron chi connectivity index (χ1n) is 8.81. The van der Waals surface area contributed by atoms with Crippen molar-refractivity contribution >= 4 is 49.5 Å². The van der Waals surface area contributed by atoms with Crippen molar-refractivity contribution in [1.82, 2.24) is 0 Å². The number of hydrogen-bond donors (Lipinski definition) is 1. The molecular weight excluding hydrogens is 515 g/mol. The Labute approximate surface area is 190 Å². The molecular formula is C23H15Br2FN2O2. The normalized spacial score (nSPS) is 10.9. The Balaban J connectivity index is 1.88. The van der Waals surface area contributed by atoms with Gasteiger partial charge in [0.15, 0.2) is 0 Å². The first-order valence-corrected chi connectivity index (χ1v) is 10.4. The Morgan fingerprint density at radius 2 is 1.80 bits per heavy atom. The number of rotatable bonds is 6. The summed E-state index contributed by atoms with van der Waals surface area (Å²) in [5, 5.41) is 12.2. The summed E-state index contributed by atoms with van der Waals surface area (Å²) in [5.41, 5.74) is 1.84. The first-order chi connectivity index (χ1) is 14.5. The van der Waals surface area contributed by atoms with Gasteiger partial charge in [0.2, 0.25) is 0 Å². The van der Waals surface area contributed by atoms with Crippen LogP contribution in [-0.2, 0) is 11.4 Å². The third kappa shape index (κ3) is 5.78. The van der Waals surface area contributed by atoms with Gasteiger partial charge in [-0.25, -0.2) is 4.39 Å². The van der Waals surface area contributed by atoms with Crippen LogP contribution in [0.5, 0.6) is 5.75 Å². The maximum atomic E-state index is 13.1. The summed E-state index contributed by atoms with van der Waals surface area (Å²) in [6.45, 7) is 0.194. The monoisotopic (exact) mass is 528 g/mol. The molecule has 0 aromatic heterocycles. The first kappa shape index (κ1) is 21.8. The quantitative estimate of drug-likeness (QED) is 0.294. The molecule has 0 bridgehead atoms. The van der Waals surface area contributed by atoms with Crippen LogP contribution in [-0.4, -0.2) is 5.91 Å². The lowest BCUT2D eigenvalue weighted by molar-refractivity contribution is -0.112. The lowest BCUT2D eigenvalue weighted by atomic mass is 10.1. The Bertz CT molecular complexity index is 1120. The summed E-state index contributed by atoms with van der Waals surface area (Å²) in [6, 6.07) is 20.3. The van der Waals surface area contributed by atoms with E-state index < -0.39 is 5.91 Å². The van der Waals surface area contributed by atoms with Crippen LogP contribution < -0.4 is 10.1 Å². The highest BCUT2D eigenvalue weighted by atomic mass is 79.9. The highest BCUT2D eigenvalue weighted by molar-refractivity contribution is 9.11. The van der Waals surface area contributed by atoms with Gasteiger partial charge in [-0.05, 0) is 64.0 Å². The van der Waals surface area contributed by atoms with Crippen molar-refractivity contribution in [2.45, 2.75) is 6.61 Å². The lowest BCUT2D eigenvalue weighted by Gasteiger charge is -2.13. The summed E-state index contributed by atoms with van der Waals surface area (Å²) < 4.78 is 20.4. The second kappa shape index (κ2) is 10.2. The molecule has 150 valence electrons. The minimum Gasteiger partial charge on any atom is -0.487 e. The Morgan fingerprint density at radius 1 is 1.10 bits per heavy atom. The van der Waals surface area contributed by atoms with E-state index in [4.69, 9.17) is 4.74 Å². The molecule has 3 aromatic rings. The van der Waals surface area contributed by atoms with Crippen LogP contribution >= 0.6 is 31.9 Å². The Hall–Kier alpha value is -2.95. The van der Waals surface area contributed by atoms with E-state index in [9.17, 15) is 14.4 Å². The zero-order valence-corrected chi connectivity index (χ0v) is 18.7. The molecule has 7 heteroatoms. The van der Waals surface area contributed by atoms with Gasteiger partial charge in [0.25, 0.3) is 5.91 Å². The zero-order chi connectivity index (χ0) is 21.5. The number of para-hydroxylation sites is 1. The summed E-state index contributed by atoms with van der Waals surface area (Å²) in [6.07, 6.45) is 1.47. The predicted octanol–water partition coefficient (Wildman–Crippen LogP) is 6.48.